The smallest absolute Gasteiger partial charge is 0.108 e. The lowest BCUT2D eigenvalue weighted by Crippen LogP contribution is -2.48. The monoisotopic (exact) mass is 287 g/mol. The Morgan fingerprint density at radius 3 is 2.38 bits per heavy atom. The van der Waals surface area contributed by atoms with E-state index in [9.17, 15) is 0 Å². The Hall–Kier alpha value is -0.830. The molecule has 0 saturated heterocycles. The highest BCUT2D eigenvalue weighted by Crippen LogP contribution is 2.61. The Kier molecular flexibility index (Phi) is 3.36. The van der Waals surface area contributed by atoms with Crippen LogP contribution in [-0.4, -0.2) is 15.6 Å². The van der Waals surface area contributed by atoms with Crippen LogP contribution in [0.15, 0.2) is 12.4 Å². The lowest BCUT2D eigenvalue weighted by Gasteiger charge is -2.57. The summed E-state index contributed by atoms with van der Waals surface area (Å²) in [5.41, 5.74) is 7.15. The van der Waals surface area contributed by atoms with E-state index < -0.39 is 0 Å². The van der Waals surface area contributed by atoms with Gasteiger partial charge in [-0.1, -0.05) is 0 Å². The van der Waals surface area contributed by atoms with Gasteiger partial charge in [0, 0.05) is 31.9 Å². The number of hydrogen-bond acceptors (Lipinski definition) is 2. The number of nitrogens with zero attached hydrogens (tertiary/aromatic N) is 2. The molecule has 0 spiro atoms. The van der Waals surface area contributed by atoms with Gasteiger partial charge < -0.3 is 10.3 Å². The first kappa shape index (κ1) is 13.8. The zero-order chi connectivity index (χ0) is 14.4. The summed E-state index contributed by atoms with van der Waals surface area (Å²) in [5.74, 6) is 4.30. The van der Waals surface area contributed by atoms with E-state index in [1.165, 1.54) is 50.8 Å². The molecule has 3 nitrogen and oxygen atoms in total. The van der Waals surface area contributed by atoms with Gasteiger partial charge in [-0.05, 0) is 74.5 Å². The summed E-state index contributed by atoms with van der Waals surface area (Å²) in [4.78, 5) is 4.42. The zero-order valence-electron chi connectivity index (χ0n) is 13.3. The van der Waals surface area contributed by atoms with Gasteiger partial charge in [0.2, 0.25) is 0 Å². The molecule has 21 heavy (non-hydrogen) atoms. The van der Waals surface area contributed by atoms with Crippen molar-refractivity contribution in [2.24, 2.45) is 36.0 Å². The molecule has 1 aromatic rings. The molecule has 1 atom stereocenters. The third-order valence-corrected chi connectivity index (χ3v) is 6.52. The van der Waals surface area contributed by atoms with Crippen LogP contribution in [0.3, 0.4) is 0 Å². The summed E-state index contributed by atoms with van der Waals surface area (Å²) in [7, 11) is 2.08. The molecule has 2 N–H and O–H groups in total. The minimum Gasteiger partial charge on any atom is -0.338 e. The van der Waals surface area contributed by atoms with Crippen LogP contribution in [0.5, 0.6) is 0 Å². The molecule has 0 amide bonds. The summed E-state index contributed by atoms with van der Waals surface area (Å²) in [6, 6.07) is 0.359. The molecule has 0 aromatic carbocycles. The zero-order valence-corrected chi connectivity index (χ0v) is 13.3. The fourth-order valence-electron chi connectivity index (χ4n) is 6.15. The lowest BCUT2D eigenvalue weighted by molar-refractivity contribution is -0.0606. The largest absolute Gasteiger partial charge is 0.338 e. The van der Waals surface area contributed by atoms with Crippen LogP contribution in [-0.2, 0) is 13.5 Å². The van der Waals surface area contributed by atoms with Gasteiger partial charge >= 0.3 is 0 Å². The molecule has 4 aliphatic rings. The molecule has 0 aliphatic heterocycles. The van der Waals surface area contributed by atoms with Crippen molar-refractivity contribution in [2.75, 3.05) is 0 Å². The van der Waals surface area contributed by atoms with Gasteiger partial charge in [-0.15, -0.1) is 0 Å². The average Bonchev–Trinajstić information content (AvgIpc) is 2.79. The third kappa shape index (κ3) is 2.65. The van der Waals surface area contributed by atoms with E-state index in [0.717, 1.165) is 30.6 Å². The number of aromatic nitrogens is 2. The second-order valence-electron chi connectivity index (χ2n) is 8.37. The summed E-state index contributed by atoms with van der Waals surface area (Å²) in [5, 5.41) is 0. The van der Waals surface area contributed by atoms with E-state index in [2.05, 4.69) is 16.6 Å². The predicted octanol–water partition coefficient (Wildman–Crippen LogP) is 3.29. The van der Waals surface area contributed by atoms with Crippen molar-refractivity contribution in [3.05, 3.63) is 18.2 Å². The van der Waals surface area contributed by atoms with Gasteiger partial charge in [-0.3, -0.25) is 0 Å². The summed E-state index contributed by atoms with van der Waals surface area (Å²) in [6.07, 6.45) is 16.3. The second-order valence-corrected chi connectivity index (χ2v) is 8.37. The highest BCUT2D eigenvalue weighted by Gasteiger charge is 2.50. The maximum Gasteiger partial charge on any atom is 0.108 e. The number of aryl methyl sites for hydroxylation is 2. The SMILES string of the molecule is Cn1ccnc1CCC(N)CC12CC3CC(CC(C3)C1)C2. The normalized spacial score (nSPS) is 38.9. The first-order valence-electron chi connectivity index (χ1n) is 8.84. The van der Waals surface area contributed by atoms with Crippen LogP contribution < -0.4 is 5.73 Å². The van der Waals surface area contributed by atoms with Crippen molar-refractivity contribution < 1.29 is 0 Å². The summed E-state index contributed by atoms with van der Waals surface area (Å²) < 4.78 is 2.12. The van der Waals surface area contributed by atoms with E-state index in [1.807, 2.05) is 12.4 Å². The van der Waals surface area contributed by atoms with Crippen molar-refractivity contribution in [1.29, 1.82) is 0 Å². The van der Waals surface area contributed by atoms with Gasteiger partial charge in [0.15, 0.2) is 0 Å². The molecular weight excluding hydrogens is 258 g/mol. The highest BCUT2D eigenvalue weighted by molar-refractivity contribution is 5.02. The molecule has 0 radical (unpaired) electrons. The second kappa shape index (κ2) is 5.12. The highest BCUT2D eigenvalue weighted by atomic mass is 15.0. The topological polar surface area (TPSA) is 43.8 Å². The first-order valence-corrected chi connectivity index (χ1v) is 8.84. The quantitative estimate of drug-likeness (QED) is 0.903. The Morgan fingerprint density at radius 2 is 1.86 bits per heavy atom. The predicted molar refractivity (Wildman–Crippen MR) is 84.7 cm³/mol. The van der Waals surface area contributed by atoms with E-state index in [1.54, 1.807) is 0 Å². The molecule has 4 aliphatic carbocycles. The number of imidazole rings is 1. The van der Waals surface area contributed by atoms with E-state index in [0.29, 0.717) is 11.5 Å². The van der Waals surface area contributed by atoms with E-state index in [-0.39, 0.29) is 0 Å². The first-order chi connectivity index (χ1) is 10.1. The fourth-order valence-corrected chi connectivity index (χ4v) is 6.15. The molecule has 1 aromatic heterocycles. The number of hydrogen-bond donors (Lipinski definition) is 1. The van der Waals surface area contributed by atoms with Crippen molar-refractivity contribution in [2.45, 2.75) is 63.8 Å². The van der Waals surface area contributed by atoms with Crippen molar-refractivity contribution in [3.63, 3.8) is 0 Å². The third-order valence-electron chi connectivity index (χ3n) is 6.52. The minimum absolute atomic E-state index is 0.359. The summed E-state index contributed by atoms with van der Waals surface area (Å²) >= 11 is 0. The molecule has 3 heteroatoms. The number of rotatable bonds is 5. The Balaban J connectivity index is 1.36. The molecule has 116 valence electrons. The molecular formula is C18H29N3. The van der Waals surface area contributed by atoms with Crippen LogP contribution >= 0.6 is 0 Å². The Labute approximate surface area is 128 Å². The molecule has 4 bridgehead atoms. The molecule has 1 unspecified atom stereocenters. The van der Waals surface area contributed by atoms with Crippen molar-refractivity contribution in [1.82, 2.24) is 9.55 Å². The fraction of sp³-hybridized carbons (Fsp3) is 0.833. The molecule has 1 heterocycles. The Bertz CT molecular complexity index is 469. The van der Waals surface area contributed by atoms with Gasteiger partial charge in [0.1, 0.15) is 5.82 Å². The van der Waals surface area contributed by atoms with Gasteiger partial charge in [-0.2, -0.15) is 0 Å². The number of nitrogens with two attached hydrogens (primary N) is 1. The van der Waals surface area contributed by atoms with Crippen LogP contribution in [0.1, 0.15) is 57.2 Å². The van der Waals surface area contributed by atoms with Crippen LogP contribution in [0.25, 0.3) is 0 Å². The van der Waals surface area contributed by atoms with Gasteiger partial charge in [0.25, 0.3) is 0 Å². The summed E-state index contributed by atoms with van der Waals surface area (Å²) in [6.45, 7) is 0. The van der Waals surface area contributed by atoms with Crippen LogP contribution in [0.4, 0.5) is 0 Å². The standard InChI is InChI=1S/C18H29N3/c1-21-5-4-20-17(21)3-2-16(19)12-18-9-13-6-14(10-18)8-15(7-13)11-18/h4-5,13-16H,2-3,6-12,19H2,1H3. The van der Waals surface area contributed by atoms with E-state index >= 15 is 0 Å². The van der Waals surface area contributed by atoms with Crippen molar-refractivity contribution >= 4 is 0 Å². The average molecular weight is 287 g/mol. The van der Waals surface area contributed by atoms with Gasteiger partial charge in [-0.25, -0.2) is 4.98 Å². The maximum absolute atomic E-state index is 6.52. The van der Waals surface area contributed by atoms with E-state index in [4.69, 9.17) is 5.73 Å². The minimum atomic E-state index is 0.359. The maximum atomic E-state index is 6.52. The molecule has 5 rings (SSSR count). The van der Waals surface area contributed by atoms with Crippen molar-refractivity contribution in [3.8, 4) is 0 Å². The lowest BCUT2D eigenvalue weighted by atomic mass is 9.48. The van der Waals surface area contributed by atoms with Crippen LogP contribution in [0.2, 0.25) is 0 Å². The molecule has 4 fully saturated rings. The Morgan fingerprint density at radius 1 is 1.24 bits per heavy atom. The van der Waals surface area contributed by atoms with Gasteiger partial charge in [0.05, 0.1) is 0 Å². The van der Waals surface area contributed by atoms with Crippen LogP contribution in [0, 0.1) is 23.2 Å². The molecule has 4 saturated carbocycles.